The number of hydrogen-bond donors (Lipinski definition) is 1. The lowest BCUT2D eigenvalue weighted by molar-refractivity contribution is 0.103. The molecule has 0 fully saturated rings. The average molecular weight is 390 g/mol. The maximum Gasteiger partial charge on any atom is 0.336 e. The predicted molar refractivity (Wildman–Crippen MR) is 112 cm³/mol. The van der Waals surface area contributed by atoms with Gasteiger partial charge in [-0.15, -0.1) is 0 Å². The number of fused-ring (bicyclic) bond motifs is 3. The zero-order chi connectivity index (χ0) is 20.8. The van der Waals surface area contributed by atoms with Crippen molar-refractivity contribution in [2.45, 2.75) is 39.2 Å². The van der Waals surface area contributed by atoms with Crippen LogP contribution in [-0.2, 0) is 6.42 Å². The second-order valence-electron chi connectivity index (χ2n) is 7.75. The molecule has 2 aromatic carbocycles. The summed E-state index contributed by atoms with van der Waals surface area (Å²) in [7, 11) is 0. The standard InChI is InChI=1S/C24H22O5/c1-4-8-15-13-17(25)28-23-18(15)22-16(11-12-24(2,3)29-22)21(27)19(23)20(26)14-9-6-5-7-10-14/h5-7,9-13,27H,4,8H2,1-3H3. The fraction of sp³-hybridized carbons (Fsp3) is 0.250. The lowest BCUT2D eigenvalue weighted by Crippen LogP contribution is -2.28. The van der Waals surface area contributed by atoms with Crippen LogP contribution in [0.5, 0.6) is 11.5 Å². The Hall–Kier alpha value is -3.34. The molecule has 1 aliphatic rings. The number of phenols is 1. The van der Waals surface area contributed by atoms with Gasteiger partial charge >= 0.3 is 5.63 Å². The summed E-state index contributed by atoms with van der Waals surface area (Å²) in [6.45, 7) is 5.81. The highest BCUT2D eigenvalue weighted by Crippen LogP contribution is 2.46. The van der Waals surface area contributed by atoms with Gasteiger partial charge in [0.05, 0.1) is 10.9 Å². The average Bonchev–Trinajstić information content (AvgIpc) is 2.67. The topological polar surface area (TPSA) is 76.7 Å². The van der Waals surface area contributed by atoms with E-state index in [2.05, 4.69) is 0 Å². The molecule has 0 unspecified atom stereocenters. The molecular weight excluding hydrogens is 368 g/mol. The molecule has 3 aromatic rings. The molecule has 0 amide bonds. The zero-order valence-electron chi connectivity index (χ0n) is 16.6. The van der Waals surface area contributed by atoms with Crippen LogP contribution in [-0.4, -0.2) is 16.5 Å². The van der Waals surface area contributed by atoms with E-state index in [4.69, 9.17) is 9.15 Å². The minimum Gasteiger partial charge on any atom is -0.506 e. The first-order valence-electron chi connectivity index (χ1n) is 9.66. The maximum atomic E-state index is 13.3. The van der Waals surface area contributed by atoms with Crippen molar-refractivity contribution in [3.05, 3.63) is 75.1 Å². The fourth-order valence-corrected chi connectivity index (χ4v) is 3.70. The van der Waals surface area contributed by atoms with Crippen LogP contribution in [0.1, 0.15) is 54.2 Å². The van der Waals surface area contributed by atoms with Crippen LogP contribution in [0.3, 0.4) is 0 Å². The molecule has 5 heteroatoms. The summed E-state index contributed by atoms with van der Waals surface area (Å²) in [4.78, 5) is 25.6. The van der Waals surface area contributed by atoms with Gasteiger partial charge in [0, 0.05) is 11.6 Å². The molecule has 1 N–H and O–H groups in total. The number of hydrogen-bond acceptors (Lipinski definition) is 5. The Morgan fingerprint density at radius 3 is 2.59 bits per heavy atom. The van der Waals surface area contributed by atoms with E-state index >= 15 is 0 Å². The van der Waals surface area contributed by atoms with Crippen LogP contribution >= 0.6 is 0 Å². The summed E-state index contributed by atoms with van der Waals surface area (Å²) in [5, 5.41) is 11.6. The molecule has 0 aliphatic carbocycles. The minimum absolute atomic E-state index is 0.0204. The number of aromatic hydroxyl groups is 1. The number of aryl methyl sites for hydroxylation is 1. The van der Waals surface area contributed by atoms with Gasteiger partial charge in [0.1, 0.15) is 22.7 Å². The third-order valence-corrected chi connectivity index (χ3v) is 5.03. The van der Waals surface area contributed by atoms with E-state index in [0.717, 1.165) is 12.0 Å². The van der Waals surface area contributed by atoms with Crippen molar-refractivity contribution in [1.29, 1.82) is 0 Å². The van der Waals surface area contributed by atoms with Gasteiger partial charge in [-0.05, 0) is 38.0 Å². The Labute approximate surface area is 168 Å². The third-order valence-electron chi connectivity index (χ3n) is 5.03. The Balaban J connectivity index is 2.14. The number of ketones is 1. The Kier molecular flexibility index (Phi) is 4.53. The van der Waals surface area contributed by atoms with E-state index < -0.39 is 17.0 Å². The van der Waals surface area contributed by atoms with E-state index in [1.807, 2.05) is 26.8 Å². The smallest absolute Gasteiger partial charge is 0.336 e. The van der Waals surface area contributed by atoms with Gasteiger partial charge in [-0.25, -0.2) is 4.79 Å². The highest BCUT2D eigenvalue weighted by atomic mass is 16.5. The Bertz CT molecular complexity index is 1200. The van der Waals surface area contributed by atoms with Gasteiger partial charge in [0.15, 0.2) is 5.58 Å². The van der Waals surface area contributed by atoms with Crippen LogP contribution in [0.4, 0.5) is 0 Å². The monoisotopic (exact) mass is 390 g/mol. The van der Waals surface area contributed by atoms with E-state index in [-0.39, 0.29) is 16.9 Å². The zero-order valence-corrected chi connectivity index (χ0v) is 16.6. The summed E-state index contributed by atoms with van der Waals surface area (Å²) in [6.07, 6.45) is 5.01. The van der Waals surface area contributed by atoms with Crippen LogP contribution in [0, 0.1) is 0 Å². The molecule has 0 radical (unpaired) electrons. The SMILES string of the molecule is CCCc1cc(=O)oc2c(C(=O)c3ccccc3)c(O)c3c(c12)OC(C)(C)C=C3. The second-order valence-corrected chi connectivity index (χ2v) is 7.75. The molecule has 2 heterocycles. The van der Waals surface area contributed by atoms with Crippen molar-refractivity contribution >= 4 is 22.8 Å². The largest absolute Gasteiger partial charge is 0.506 e. The number of carbonyl (C=O) groups is 1. The lowest BCUT2D eigenvalue weighted by Gasteiger charge is -2.30. The molecule has 29 heavy (non-hydrogen) atoms. The first kappa shape index (κ1) is 19.0. The van der Waals surface area contributed by atoms with Gasteiger partial charge in [0.2, 0.25) is 5.78 Å². The van der Waals surface area contributed by atoms with Gasteiger partial charge < -0.3 is 14.3 Å². The fourth-order valence-electron chi connectivity index (χ4n) is 3.70. The maximum absolute atomic E-state index is 13.3. The van der Waals surface area contributed by atoms with Crippen LogP contribution in [0.25, 0.3) is 17.0 Å². The molecule has 1 aromatic heterocycles. The molecule has 0 bridgehead atoms. The molecule has 148 valence electrons. The molecule has 1 aliphatic heterocycles. The number of benzene rings is 2. The van der Waals surface area contributed by atoms with Crippen molar-refractivity contribution in [3.63, 3.8) is 0 Å². The lowest BCUT2D eigenvalue weighted by atomic mass is 9.91. The van der Waals surface area contributed by atoms with Gasteiger partial charge in [0.25, 0.3) is 0 Å². The van der Waals surface area contributed by atoms with Crippen LogP contribution in [0.2, 0.25) is 0 Å². The van der Waals surface area contributed by atoms with E-state index in [1.165, 1.54) is 6.07 Å². The summed E-state index contributed by atoms with van der Waals surface area (Å²) in [5.41, 5.74) is 0.439. The molecule has 0 saturated heterocycles. The van der Waals surface area contributed by atoms with Crippen molar-refractivity contribution in [2.24, 2.45) is 0 Å². The second kappa shape index (κ2) is 6.92. The van der Waals surface area contributed by atoms with Gasteiger partial charge in [-0.3, -0.25) is 4.79 Å². The third kappa shape index (κ3) is 3.23. The molecule has 0 saturated carbocycles. The summed E-state index contributed by atoms with van der Waals surface area (Å²) >= 11 is 0. The first-order valence-corrected chi connectivity index (χ1v) is 9.66. The molecule has 4 rings (SSSR count). The Morgan fingerprint density at radius 2 is 1.90 bits per heavy atom. The molecule has 0 spiro atoms. The van der Waals surface area contributed by atoms with Crippen molar-refractivity contribution < 1.29 is 19.1 Å². The van der Waals surface area contributed by atoms with Crippen molar-refractivity contribution in [1.82, 2.24) is 0 Å². The summed E-state index contributed by atoms with van der Waals surface area (Å²) < 4.78 is 11.7. The van der Waals surface area contributed by atoms with Gasteiger partial charge in [-0.1, -0.05) is 43.7 Å². The normalized spacial score (nSPS) is 14.4. The Morgan fingerprint density at radius 1 is 1.17 bits per heavy atom. The van der Waals surface area contributed by atoms with Gasteiger partial charge in [-0.2, -0.15) is 0 Å². The van der Waals surface area contributed by atoms with Crippen molar-refractivity contribution in [3.8, 4) is 11.5 Å². The van der Waals surface area contributed by atoms with E-state index in [9.17, 15) is 14.7 Å². The summed E-state index contributed by atoms with van der Waals surface area (Å²) in [6, 6.07) is 10.1. The number of rotatable bonds is 4. The van der Waals surface area contributed by atoms with Crippen LogP contribution < -0.4 is 10.4 Å². The quantitative estimate of drug-likeness (QED) is 0.508. The predicted octanol–water partition coefficient (Wildman–Crippen LogP) is 4.87. The highest BCUT2D eigenvalue weighted by molar-refractivity contribution is 6.19. The number of carbonyl (C=O) groups excluding carboxylic acids is 1. The molecular formula is C24H22O5. The number of phenolic OH excluding ortho intramolecular Hbond substituents is 1. The summed E-state index contributed by atoms with van der Waals surface area (Å²) in [5.74, 6) is -0.224. The van der Waals surface area contributed by atoms with E-state index in [1.54, 1.807) is 36.4 Å². The molecule has 0 atom stereocenters. The van der Waals surface area contributed by atoms with Crippen molar-refractivity contribution in [2.75, 3.05) is 0 Å². The van der Waals surface area contributed by atoms with E-state index in [0.29, 0.717) is 28.7 Å². The minimum atomic E-state index is -0.600. The van der Waals surface area contributed by atoms with Crippen LogP contribution in [0.15, 0.2) is 51.7 Å². The number of ether oxygens (including phenoxy) is 1. The molecule has 5 nitrogen and oxygen atoms in total. The first-order chi connectivity index (χ1) is 13.8. The highest BCUT2D eigenvalue weighted by Gasteiger charge is 2.32.